The van der Waals surface area contributed by atoms with Crippen LogP contribution in [0.4, 0.5) is 10.1 Å². The minimum Gasteiger partial charge on any atom is -0.371 e. The van der Waals surface area contributed by atoms with Crippen LogP contribution < -0.4 is 4.90 Å². The number of hydrogen-bond acceptors (Lipinski definition) is 5. The van der Waals surface area contributed by atoms with Crippen molar-refractivity contribution in [2.45, 2.75) is 63.3 Å². The summed E-state index contributed by atoms with van der Waals surface area (Å²) < 4.78 is 41.7. The van der Waals surface area contributed by atoms with Gasteiger partial charge in [-0.15, -0.1) is 0 Å². The standard InChI is InChI=1S/C20H28FN5O2S/c1-14-3-4-15(2)29(27,28)26(14)12-17-5-6-18(11-19(17)21)25-9-7-16(8-10-25)20-22-13-23-24-20/h5-6,11,13-16H,3-4,7-10,12H2,1-2H3,(H,22,23,24)/t14-,15?/m0/s1. The molecule has 3 heterocycles. The van der Waals surface area contributed by atoms with Gasteiger partial charge in [0.25, 0.3) is 0 Å². The highest BCUT2D eigenvalue weighted by Gasteiger charge is 2.37. The lowest BCUT2D eigenvalue weighted by Gasteiger charge is -2.36. The van der Waals surface area contributed by atoms with Crippen molar-refractivity contribution in [1.29, 1.82) is 0 Å². The molecule has 29 heavy (non-hydrogen) atoms. The van der Waals surface area contributed by atoms with Crippen LogP contribution in [0.3, 0.4) is 0 Å². The summed E-state index contributed by atoms with van der Waals surface area (Å²) in [5.74, 6) is 0.920. The largest absolute Gasteiger partial charge is 0.371 e. The molecule has 0 spiro atoms. The zero-order valence-corrected chi connectivity index (χ0v) is 17.7. The molecule has 0 amide bonds. The minimum atomic E-state index is -3.38. The fraction of sp³-hybridized carbons (Fsp3) is 0.600. The molecule has 2 aliphatic rings. The van der Waals surface area contributed by atoms with E-state index in [1.165, 1.54) is 16.7 Å². The van der Waals surface area contributed by atoms with Crippen molar-refractivity contribution in [3.63, 3.8) is 0 Å². The van der Waals surface area contributed by atoms with Crippen molar-refractivity contribution in [1.82, 2.24) is 19.5 Å². The summed E-state index contributed by atoms with van der Waals surface area (Å²) in [6.07, 6.45) is 4.85. The van der Waals surface area contributed by atoms with Crippen LogP contribution in [-0.2, 0) is 16.6 Å². The third-order valence-electron chi connectivity index (χ3n) is 6.36. The monoisotopic (exact) mass is 421 g/mol. The highest BCUT2D eigenvalue weighted by Crippen LogP contribution is 2.31. The number of piperidine rings is 1. The van der Waals surface area contributed by atoms with Crippen LogP contribution >= 0.6 is 0 Å². The molecule has 9 heteroatoms. The molecule has 4 rings (SSSR count). The number of anilines is 1. The Morgan fingerprint density at radius 2 is 1.93 bits per heavy atom. The van der Waals surface area contributed by atoms with Crippen LogP contribution in [0.2, 0.25) is 0 Å². The van der Waals surface area contributed by atoms with Gasteiger partial charge in [-0.1, -0.05) is 6.07 Å². The van der Waals surface area contributed by atoms with Gasteiger partial charge in [-0.05, 0) is 51.7 Å². The van der Waals surface area contributed by atoms with Gasteiger partial charge in [0.1, 0.15) is 18.0 Å². The number of sulfonamides is 1. The van der Waals surface area contributed by atoms with Crippen molar-refractivity contribution in [2.75, 3.05) is 18.0 Å². The minimum absolute atomic E-state index is 0.0908. The Hall–Kier alpha value is -2.00. The molecule has 0 bridgehead atoms. The number of benzene rings is 1. The number of nitrogens with one attached hydrogen (secondary N) is 1. The Labute approximate surface area is 171 Å². The van der Waals surface area contributed by atoms with Crippen molar-refractivity contribution < 1.29 is 12.8 Å². The molecular weight excluding hydrogens is 393 g/mol. The van der Waals surface area contributed by atoms with E-state index < -0.39 is 15.3 Å². The van der Waals surface area contributed by atoms with Gasteiger partial charge < -0.3 is 4.90 Å². The van der Waals surface area contributed by atoms with Crippen LogP contribution in [0.15, 0.2) is 24.5 Å². The summed E-state index contributed by atoms with van der Waals surface area (Å²) in [4.78, 5) is 6.41. The zero-order valence-electron chi connectivity index (χ0n) is 16.9. The van der Waals surface area contributed by atoms with E-state index >= 15 is 0 Å². The van der Waals surface area contributed by atoms with Crippen LogP contribution in [0.1, 0.15) is 56.8 Å². The molecule has 0 aliphatic carbocycles. The fourth-order valence-electron chi connectivity index (χ4n) is 4.35. The average Bonchev–Trinajstić information content (AvgIpc) is 3.24. The Morgan fingerprint density at radius 3 is 2.59 bits per heavy atom. The van der Waals surface area contributed by atoms with E-state index in [0.717, 1.165) is 43.9 Å². The molecule has 0 radical (unpaired) electrons. The number of H-pyrrole nitrogens is 1. The summed E-state index contributed by atoms with van der Waals surface area (Å²) in [5.41, 5.74) is 1.26. The van der Waals surface area contributed by atoms with E-state index in [1.54, 1.807) is 13.0 Å². The first-order valence-corrected chi connectivity index (χ1v) is 11.8. The van der Waals surface area contributed by atoms with E-state index in [2.05, 4.69) is 20.1 Å². The number of aromatic amines is 1. The van der Waals surface area contributed by atoms with E-state index in [1.807, 2.05) is 13.0 Å². The highest BCUT2D eigenvalue weighted by atomic mass is 32.2. The van der Waals surface area contributed by atoms with Crippen LogP contribution in [0.5, 0.6) is 0 Å². The lowest BCUT2D eigenvalue weighted by Crippen LogP contribution is -2.47. The lowest BCUT2D eigenvalue weighted by molar-refractivity contribution is 0.281. The Bertz CT molecular complexity index is 942. The van der Waals surface area contributed by atoms with Crippen LogP contribution in [0.25, 0.3) is 0 Å². The molecular formula is C20H28FN5O2S. The van der Waals surface area contributed by atoms with Gasteiger partial charge in [0.2, 0.25) is 10.0 Å². The van der Waals surface area contributed by atoms with E-state index in [9.17, 15) is 12.8 Å². The summed E-state index contributed by atoms with van der Waals surface area (Å²) in [7, 11) is -3.38. The first kappa shape index (κ1) is 20.3. The number of hydrogen-bond donors (Lipinski definition) is 1. The van der Waals surface area contributed by atoms with Gasteiger partial charge in [-0.3, -0.25) is 5.10 Å². The van der Waals surface area contributed by atoms with Gasteiger partial charge in [0, 0.05) is 42.8 Å². The zero-order chi connectivity index (χ0) is 20.6. The Balaban J connectivity index is 1.45. The molecule has 2 fully saturated rings. The molecule has 2 atom stereocenters. The van der Waals surface area contributed by atoms with Gasteiger partial charge in [0.15, 0.2) is 0 Å². The summed E-state index contributed by atoms with van der Waals surface area (Å²) in [6.45, 7) is 5.36. The summed E-state index contributed by atoms with van der Waals surface area (Å²) >= 11 is 0. The topological polar surface area (TPSA) is 82.2 Å². The predicted molar refractivity (Wildman–Crippen MR) is 110 cm³/mol. The van der Waals surface area contributed by atoms with Crippen molar-refractivity contribution in [2.24, 2.45) is 0 Å². The molecule has 1 aromatic carbocycles. The third-order valence-corrected chi connectivity index (χ3v) is 8.76. The van der Waals surface area contributed by atoms with Gasteiger partial charge in [0.05, 0.1) is 5.25 Å². The maximum absolute atomic E-state index is 14.9. The molecule has 7 nitrogen and oxygen atoms in total. The predicted octanol–water partition coefficient (Wildman–Crippen LogP) is 3.03. The summed E-state index contributed by atoms with van der Waals surface area (Å²) in [5, 5.41) is 6.44. The van der Waals surface area contributed by atoms with E-state index in [-0.39, 0.29) is 18.4 Å². The maximum atomic E-state index is 14.9. The molecule has 0 saturated carbocycles. The van der Waals surface area contributed by atoms with Gasteiger partial charge in [-0.25, -0.2) is 17.8 Å². The first-order valence-electron chi connectivity index (χ1n) is 10.3. The average molecular weight is 422 g/mol. The SMILES string of the molecule is CC1CC[C@H](C)N(Cc2ccc(N3CCC(c4ncn[nH]4)CC3)cc2F)S1(=O)=O. The van der Waals surface area contributed by atoms with Crippen molar-refractivity contribution in [3.8, 4) is 0 Å². The second-order valence-corrected chi connectivity index (χ2v) is 10.5. The molecule has 2 aromatic rings. The number of halogens is 1. The van der Waals surface area contributed by atoms with Crippen LogP contribution in [-0.4, -0.2) is 52.3 Å². The fourth-order valence-corrected chi connectivity index (χ4v) is 6.17. The van der Waals surface area contributed by atoms with Crippen molar-refractivity contribution >= 4 is 15.7 Å². The molecule has 1 N–H and O–H groups in total. The second-order valence-electron chi connectivity index (χ2n) is 8.23. The van der Waals surface area contributed by atoms with Gasteiger partial charge in [-0.2, -0.15) is 9.40 Å². The molecule has 158 valence electrons. The smallest absolute Gasteiger partial charge is 0.217 e. The number of nitrogens with zero attached hydrogens (tertiary/aromatic N) is 4. The highest BCUT2D eigenvalue weighted by molar-refractivity contribution is 7.89. The van der Waals surface area contributed by atoms with E-state index in [0.29, 0.717) is 17.9 Å². The second kappa shape index (κ2) is 8.02. The lowest BCUT2D eigenvalue weighted by atomic mass is 9.95. The third kappa shape index (κ3) is 4.02. The molecule has 1 unspecified atom stereocenters. The molecule has 2 saturated heterocycles. The summed E-state index contributed by atoms with van der Waals surface area (Å²) in [6, 6.07) is 5.06. The van der Waals surface area contributed by atoms with E-state index in [4.69, 9.17) is 0 Å². The number of aromatic nitrogens is 3. The normalized spacial score (nSPS) is 26.0. The quantitative estimate of drug-likeness (QED) is 0.821. The van der Waals surface area contributed by atoms with Crippen LogP contribution in [0, 0.1) is 5.82 Å². The van der Waals surface area contributed by atoms with Crippen molar-refractivity contribution in [3.05, 3.63) is 41.7 Å². The first-order chi connectivity index (χ1) is 13.9. The maximum Gasteiger partial charge on any atom is 0.217 e. The number of rotatable bonds is 4. The molecule has 1 aromatic heterocycles. The Kier molecular flexibility index (Phi) is 5.61. The molecule has 2 aliphatic heterocycles. The Morgan fingerprint density at radius 1 is 1.17 bits per heavy atom. The van der Waals surface area contributed by atoms with Gasteiger partial charge >= 0.3 is 0 Å².